The molecule has 0 fully saturated rings. The zero-order valence-electron chi connectivity index (χ0n) is 19.5. The largest absolute Gasteiger partial charge is 0.311 e. The van der Waals surface area contributed by atoms with Crippen molar-refractivity contribution in [2.45, 2.75) is 24.7 Å². The topological polar surface area (TPSA) is 86.3 Å². The Labute approximate surface area is 218 Å². The van der Waals surface area contributed by atoms with Crippen LogP contribution >= 0.6 is 23.4 Å². The third-order valence-corrected chi connectivity index (χ3v) is 6.69. The maximum Gasteiger partial charge on any atom is 0.214 e. The molecule has 5 aromatic rings. The second-order valence-corrected chi connectivity index (χ2v) is 9.61. The number of benzene rings is 3. The second kappa shape index (κ2) is 11.9. The summed E-state index contributed by atoms with van der Waals surface area (Å²) in [6, 6.07) is 27.9. The van der Waals surface area contributed by atoms with E-state index < -0.39 is 0 Å². The van der Waals surface area contributed by atoms with Crippen molar-refractivity contribution in [1.29, 1.82) is 0 Å². The van der Waals surface area contributed by atoms with E-state index in [1.807, 2.05) is 72.8 Å². The van der Waals surface area contributed by atoms with Gasteiger partial charge in [0.25, 0.3) is 0 Å². The van der Waals surface area contributed by atoms with Gasteiger partial charge in [-0.3, -0.25) is 0 Å². The first-order valence-electron chi connectivity index (χ1n) is 11.7. The van der Waals surface area contributed by atoms with Gasteiger partial charge in [0.2, 0.25) is 5.16 Å². The highest BCUT2D eigenvalue weighted by Crippen LogP contribution is 2.21. The molecule has 0 amide bonds. The number of halogens is 1. The summed E-state index contributed by atoms with van der Waals surface area (Å²) in [6.07, 6.45) is 0.962. The zero-order valence-corrected chi connectivity index (χ0v) is 21.1. The molecule has 0 aliphatic heterocycles. The minimum Gasteiger partial charge on any atom is -0.311 e. The number of thioether (sulfide) groups is 1. The van der Waals surface area contributed by atoms with Gasteiger partial charge in [-0.2, -0.15) is 19.7 Å². The normalized spacial score (nSPS) is 11.1. The summed E-state index contributed by atoms with van der Waals surface area (Å²) in [4.78, 5) is 1.74. The van der Waals surface area contributed by atoms with Crippen LogP contribution in [0.3, 0.4) is 0 Å². The van der Waals surface area contributed by atoms with Gasteiger partial charge in [0, 0.05) is 22.9 Å². The highest BCUT2D eigenvalue weighted by atomic mass is 35.5. The second-order valence-electron chi connectivity index (χ2n) is 8.11. The lowest BCUT2D eigenvalue weighted by Crippen LogP contribution is -2.16. The van der Waals surface area contributed by atoms with Crippen LogP contribution in [0.25, 0.3) is 16.9 Å². The highest BCUT2D eigenvalue weighted by Gasteiger charge is 2.14. The molecule has 8 nitrogen and oxygen atoms in total. The van der Waals surface area contributed by atoms with E-state index in [0.717, 1.165) is 52.1 Å². The van der Waals surface area contributed by atoms with Crippen LogP contribution in [-0.4, -0.2) is 47.5 Å². The molecular weight excluding hydrogens is 492 g/mol. The molecule has 0 unspecified atom stereocenters. The van der Waals surface area contributed by atoms with E-state index >= 15 is 0 Å². The lowest BCUT2D eigenvalue weighted by molar-refractivity contribution is 0.576. The molecule has 0 aliphatic carbocycles. The van der Waals surface area contributed by atoms with Crippen molar-refractivity contribution < 1.29 is 0 Å². The number of rotatable bonds is 11. The van der Waals surface area contributed by atoms with E-state index in [1.54, 1.807) is 21.2 Å². The molecule has 0 saturated carbocycles. The van der Waals surface area contributed by atoms with Crippen LogP contribution in [0.1, 0.15) is 17.7 Å². The van der Waals surface area contributed by atoms with E-state index in [2.05, 4.69) is 33.0 Å². The molecule has 0 bridgehead atoms. The van der Waals surface area contributed by atoms with Crippen LogP contribution in [0.5, 0.6) is 0 Å². The average molecular weight is 517 g/mol. The molecule has 0 saturated heterocycles. The summed E-state index contributed by atoms with van der Waals surface area (Å²) in [7, 11) is 0. The number of aromatic nitrogens is 7. The highest BCUT2D eigenvalue weighted by molar-refractivity contribution is 7.99. The Balaban J connectivity index is 1.18. The number of nitrogens with one attached hydrogen (secondary N) is 1. The predicted molar refractivity (Wildman–Crippen MR) is 142 cm³/mol. The van der Waals surface area contributed by atoms with Crippen LogP contribution in [0.2, 0.25) is 5.02 Å². The quantitative estimate of drug-likeness (QED) is 0.197. The number of para-hydroxylation sites is 1. The van der Waals surface area contributed by atoms with E-state index in [9.17, 15) is 0 Å². The van der Waals surface area contributed by atoms with Crippen molar-refractivity contribution in [3.63, 3.8) is 0 Å². The van der Waals surface area contributed by atoms with Gasteiger partial charge in [-0.25, -0.2) is 0 Å². The van der Waals surface area contributed by atoms with Crippen LogP contribution in [0.4, 0.5) is 0 Å². The summed E-state index contributed by atoms with van der Waals surface area (Å²) >= 11 is 7.80. The van der Waals surface area contributed by atoms with Crippen LogP contribution in [-0.2, 0) is 13.1 Å². The molecule has 0 spiro atoms. The Morgan fingerprint density at radius 1 is 0.889 bits per heavy atom. The van der Waals surface area contributed by atoms with E-state index in [0.29, 0.717) is 18.1 Å². The lowest BCUT2D eigenvalue weighted by Gasteiger charge is -2.05. The number of nitrogens with zero attached hydrogens (tertiary/aromatic N) is 7. The summed E-state index contributed by atoms with van der Waals surface area (Å²) in [5, 5.41) is 26.7. The predicted octanol–water partition coefficient (Wildman–Crippen LogP) is 4.89. The summed E-state index contributed by atoms with van der Waals surface area (Å²) in [6.45, 7) is 2.04. The van der Waals surface area contributed by atoms with Crippen molar-refractivity contribution >= 4 is 23.4 Å². The smallest absolute Gasteiger partial charge is 0.214 e. The maximum atomic E-state index is 6.15. The maximum absolute atomic E-state index is 6.15. The summed E-state index contributed by atoms with van der Waals surface area (Å²) < 4.78 is 1.77. The Morgan fingerprint density at radius 2 is 1.69 bits per heavy atom. The monoisotopic (exact) mass is 516 g/mol. The number of hydrogen-bond acceptors (Lipinski definition) is 7. The third kappa shape index (κ3) is 6.17. The van der Waals surface area contributed by atoms with Gasteiger partial charge in [0.1, 0.15) is 11.4 Å². The molecule has 2 heterocycles. The lowest BCUT2D eigenvalue weighted by atomic mass is 10.1. The minimum atomic E-state index is 0.563. The molecule has 5 rings (SSSR count). The van der Waals surface area contributed by atoms with Gasteiger partial charge in [-0.15, -0.1) is 5.10 Å². The fourth-order valence-corrected chi connectivity index (χ4v) is 4.80. The van der Waals surface area contributed by atoms with Gasteiger partial charge < -0.3 is 5.32 Å². The molecule has 0 atom stereocenters. The average Bonchev–Trinajstić information content (AvgIpc) is 3.54. The van der Waals surface area contributed by atoms with E-state index in [4.69, 9.17) is 21.8 Å². The van der Waals surface area contributed by atoms with E-state index in [1.165, 1.54) is 0 Å². The van der Waals surface area contributed by atoms with Crippen molar-refractivity contribution in [3.8, 4) is 16.9 Å². The Kier molecular flexibility index (Phi) is 8.02. The fourth-order valence-electron chi connectivity index (χ4n) is 3.76. The van der Waals surface area contributed by atoms with Crippen LogP contribution < -0.4 is 5.32 Å². The Morgan fingerprint density at radius 3 is 2.50 bits per heavy atom. The zero-order chi connectivity index (χ0) is 24.6. The van der Waals surface area contributed by atoms with Crippen LogP contribution in [0.15, 0.2) is 90.1 Å². The standard InChI is InChI=1S/C26H25ClN8S/c27-22-12-7-9-20(17-22)19-34-30-24(25(31-34)21-10-3-1-4-11-21)18-28-15-8-16-36-26-29-32-33-35(26)23-13-5-2-6-14-23/h1-7,9-14,17,28H,8,15-16,18-19H2. The summed E-state index contributed by atoms with van der Waals surface area (Å²) in [5.41, 5.74) is 4.88. The molecule has 36 heavy (non-hydrogen) atoms. The first-order valence-corrected chi connectivity index (χ1v) is 13.0. The van der Waals surface area contributed by atoms with Crippen LogP contribution in [0, 0.1) is 0 Å². The molecule has 1 N–H and O–H groups in total. The number of tetrazole rings is 1. The first kappa shape index (κ1) is 24.2. The fraction of sp³-hybridized carbons (Fsp3) is 0.192. The molecule has 2 aromatic heterocycles. The van der Waals surface area contributed by atoms with Gasteiger partial charge in [-0.05, 0) is 53.2 Å². The first-order chi connectivity index (χ1) is 17.8. The Hall–Kier alpha value is -3.53. The van der Waals surface area contributed by atoms with Gasteiger partial charge in [-0.1, -0.05) is 84.0 Å². The molecule has 3 aromatic carbocycles. The minimum absolute atomic E-state index is 0.563. The molecule has 0 radical (unpaired) electrons. The van der Waals surface area contributed by atoms with Crippen molar-refractivity contribution in [2.24, 2.45) is 0 Å². The number of hydrogen-bond donors (Lipinski definition) is 1. The SMILES string of the molecule is Clc1cccc(Cn2nc(CNCCCSc3nnnn3-c3ccccc3)c(-c3ccccc3)n2)c1. The molecule has 0 aliphatic rings. The van der Waals surface area contributed by atoms with Crippen molar-refractivity contribution in [2.75, 3.05) is 12.3 Å². The molecular formula is C26H25ClN8S. The van der Waals surface area contributed by atoms with Gasteiger partial charge >= 0.3 is 0 Å². The van der Waals surface area contributed by atoms with Crippen molar-refractivity contribution in [1.82, 2.24) is 40.5 Å². The third-order valence-electron chi connectivity index (χ3n) is 5.45. The van der Waals surface area contributed by atoms with E-state index in [-0.39, 0.29) is 0 Å². The molecule has 10 heteroatoms. The van der Waals surface area contributed by atoms with Crippen molar-refractivity contribution in [3.05, 3.63) is 101 Å². The summed E-state index contributed by atoms with van der Waals surface area (Å²) in [5.74, 6) is 0.896. The molecule has 182 valence electrons. The Bertz CT molecular complexity index is 1390. The van der Waals surface area contributed by atoms with Gasteiger partial charge in [0.15, 0.2) is 0 Å². The van der Waals surface area contributed by atoms with Gasteiger partial charge in [0.05, 0.1) is 12.2 Å².